The van der Waals surface area contributed by atoms with Gasteiger partial charge >= 0.3 is 12.1 Å². The van der Waals surface area contributed by atoms with Crippen molar-refractivity contribution in [2.45, 2.75) is 142 Å². The lowest BCUT2D eigenvalue weighted by molar-refractivity contribution is -0.297. The average Bonchev–Trinajstić information content (AvgIpc) is 3.62. The minimum Gasteiger partial charge on any atom is -0.504 e. The topological polar surface area (TPSA) is 209 Å². The number of esters is 1. The number of aliphatic hydroxyl groups excluding tert-OH is 1. The SMILES string of the molecule is CC[C@H]1OC(=O)[C@H](C)C(=O)[C@H](C)[C@@H](OC2O[C@H](C)C[C@H](N(C)Cc3cc(C(C)=O)cc(OC)c3O)[C@H]2O)[C@@](C)(OC/C=C/c2cnc3ccccc3c2)C[C@@H](C)C(=O)[C@H](C)[C@H]2NC(=O)O[C@@]21C. The molecule has 0 radical (unpaired) electrons. The number of aromatic hydroxyl groups is 1. The number of pyridine rings is 1. The standard InChI is InChI=1S/C51H67N3O13/c1-12-40-51(9)45(53-49(61)67-51)29(4)41(56)27(2)24-50(8,63-19-15-16-33-21-34-17-13-14-18-37(34)52-25-33)46(30(5)42(57)31(6)47(60)65-40)66-48-44(59)38(20-28(3)64-48)54(10)26-36-22-35(32(7)55)23-39(62-11)43(36)58/h13-18,21-23,25,27-31,38,40,44-46,48,58-59H,12,19-20,24,26H2,1-11H3,(H,53,61)/b16-15+/t27-,28-,29+,30+,31-,38+,40-,44-,45-,46-,48?,50+,51-/m1/s1. The molecule has 67 heavy (non-hydrogen) atoms. The van der Waals surface area contributed by atoms with Gasteiger partial charge in [0, 0.05) is 53.1 Å². The number of nitrogens with zero attached hydrogens (tertiary/aromatic N) is 2. The van der Waals surface area contributed by atoms with E-state index >= 15 is 0 Å². The largest absolute Gasteiger partial charge is 0.504 e. The van der Waals surface area contributed by atoms with Gasteiger partial charge in [0.25, 0.3) is 0 Å². The Labute approximate surface area is 392 Å². The molecule has 16 nitrogen and oxygen atoms in total. The maximum atomic E-state index is 14.7. The number of aromatic nitrogens is 1. The molecule has 3 N–H and O–H groups in total. The van der Waals surface area contributed by atoms with E-state index in [9.17, 15) is 34.2 Å². The number of phenols is 1. The number of rotatable bonds is 12. The molecule has 0 bridgehead atoms. The van der Waals surface area contributed by atoms with Crippen molar-refractivity contribution in [2.24, 2.45) is 23.7 Å². The van der Waals surface area contributed by atoms with E-state index < -0.39 is 95.5 Å². The maximum absolute atomic E-state index is 14.7. The molecule has 3 aliphatic heterocycles. The Kier molecular flexibility index (Phi) is 16.0. The second-order valence-corrected chi connectivity index (χ2v) is 19.0. The Balaban J connectivity index is 1.38. The first kappa shape index (κ1) is 51.1. The van der Waals surface area contributed by atoms with Crippen molar-refractivity contribution in [1.82, 2.24) is 15.2 Å². The normalized spacial score (nSPS) is 33.2. The van der Waals surface area contributed by atoms with Gasteiger partial charge in [-0.1, -0.05) is 58.0 Å². The highest BCUT2D eigenvalue weighted by atomic mass is 16.7. The Bertz CT molecular complexity index is 2360. The summed E-state index contributed by atoms with van der Waals surface area (Å²) >= 11 is 0. The van der Waals surface area contributed by atoms with Crippen molar-refractivity contribution >= 4 is 46.4 Å². The molecule has 3 saturated heterocycles. The van der Waals surface area contributed by atoms with Crippen molar-refractivity contribution < 1.29 is 62.6 Å². The van der Waals surface area contributed by atoms with E-state index in [1.807, 2.05) is 48.2 Å². The van der Waals surface area contributed by atoms with Crippen LogP contribution in [0.25, 0.3) is 17.0 Å². The number of ketones is 3. The minimum atomic E-state index is -1.48. The number of ether oxygens (including phenoxy) is 6. The third-order valence-corrected chi connectivity index (χ3v) is 14.0. The van der Waals surface area contributed by atoms with Gasteiger partial charge in [-0.05, 0) is 90.8 Å². The summed E-state index contributed by atoms with van der Waals surface area (Å²) in [6, 6.07) is 11.3. The lowest BCUT2D eigenvalue weighted by atomic mass is 9.73. The van der Waals surface area contributed by atoms with E-state index in [-0.39, 0.29) is 49.1 Å². The average molecular weight is 930 g/mol. The number of carbonyl (C=O) groups excluding carboxylic acids is 5. The van der Waals surface area contributed by atoms with Gasteiger partial charge in [0.1, 0.15) is 23.9 Å². The van der Waals surface area contributed by atoms with Gasteiger partial charge in [0.2, 0.25) is 0 Å². The first-order valence-electron chi connectivity index (χ1n) is 23.1. The van der Waals surface area contributed by atoms with E-state index in [0.29, 0.717) is 17.5 Å². The predicted molar refractivity (Wildman–Crippen MR) is 248 cm³/mol. The van der Waals surface area contributed by atoms with E-state index in [2.05, 4.69) is 10.3 Å². The number of methoxy groups -OCH3 is 1. The van der Waals surface area contributed by atoms with Crippen LogP contribution >= 0.6 is 0 Å². The Morgan fingerprint density at radius 1 is 1.03 bits per heavy atom. The van der Waals surface area contributed by atoms with Crippen molar-refractivity contribution in [3.63, 3.8) is 0 Å². The minimum absolute atomic E-state index is 0.00734. The fourth-order valence-electron chi connectivity index (χ4n) is 10.2. The number of aliphatic hydroxyl groups is 1. The zero-order valence-corrected chi connectivity index (χ0v) is 40.4. The summed E-state index contributed by atoms with van der Waals surface area (Å²) in [5, 5.41) is 27.0. The Hall–Kier alpha value is -5.26. The van der Waals surface area contributed by atoms with Crippen molar-refractivity contribution in [2.75, 3.05) is 20.8 Å². The number of likely N-dealkylation sites (N-methyl/N-ethyl adjacent to an activating group) is 1. The molecular formula is C51H67N3O13. The number of cyclic esters (lactones) is 1. The molecule has 0 saturated carbocycles. The summed E-state index contributed by atoms with van der Waals surface area (Å²) in [5.41, 5.74) is -0.504. The predicted octanol–water partition coefficient (Wildman–Crippen LogP) is 6.60. The van der Waals surface area contributed by atoms with Crippen LogP contribution in [0.15, 0.2) is 54.7 Å². The lowest BCUT2D eigenvalue weighted by Crippen LogP contribution is -2.60. The first-order chi connectivity index (χ1) is 31.6. The summed E-state index contributed by atoms with van der Waals surface area (Å²) in [6.45, 7) is 15.0. The molecule has 1 aromatic heterocycles. The molecule has 0 spiro atoms. The van der Waals surface area contributed by atoms with E-state index in [1.165, 1.54) is 27.0 Å². The van der Waals surface area contributed by atoms with Crippen LogP contribution in [-0.2, 0) is 44.6 Å². The zero-order valence-electron chi connectivity index (χ0n) is 40.4. The van der Waals surface area contributed by atoms with Gasteiger partial charge in [-0.3, -0.25) is 29.1 Å². The maximum Gasteiger partial charge on any atom is 0.408 e. The summed E-state index contributed by atoms with van der Waals surface area (Å²) < 4.78 is 37.2. The quantitative estimate of drug-likeness (QED) is 0.0994. The zero-order chi connectivity index (χ0) is 49.1. The Morgan fingerprint density at radius 3 is 2.43 bits per heavy atom. The molecule has 4 heterocycles. The van der Waals surface area contributed by atoms with Crippen LogP contribution in [0, 0.1) is 23.7 Å². The number of benzene rings is 2. The van der Waals surface area contributed by atoms with Gasteiger partial charge in [-0.2, -0.15) is 0 Å². The number of alkyl carbamates (subject to hydrolysis) is 1. The molecule has 0 aliphatic carbocycles. The number of Topliss-reactive ketones (excluding diaryl/α,β-unsaturated/α-hetero) is 3. The van der Waals surface area contributed by atoms with Crippen LogP contribution in [0.4, 0.5) is 4.79 Å². The molecule has 16 heteroatoms. The van der Waals surface area contributed by atoms with Crippen LogP contribution in [0.2, 0.25) is 0 Å². The fraction of sp³-hybridized carbons (Fsp3) is 0.569. The van der Waals surface area contributed by atoms with Gasteiger partial charge in [-0.25, -0.2) is 4.79 Å². The van der Waals surface area contributed by atoms with Gasteiger partial charge in [0.05, 0.1) is 43.1 Å². The number of fused-ring (bicyclic) bond motifs is 2. The van der Waals surface area contributed by atoms with E-state index in [4.69, 9.17) is 28.4 Å². The Morgan fingerprint density at radius 2 is 1.75 bits per heavy atom. The third kappa shape index (κ3) is 10.9. The highest BCUT2D eigenvalue weighted by Crippen LogP contribution is 2.41. The van der Waals surface area contributed by atoms with Crippen LogP contribution < -0.4 is 10.1 Å². The second-order valence-electron chi connectivity index (χ2n) is 19.0. The number of carbonyl (C=O) groups is 5. The number of nitrogens with one attached hydrogen (secondary N) is 1. The van der Waals surface area contributed by atoms with Crippen molar-refractivity contribution in [3.05, 3.63) is 71.4 Å². The third-order valence-electron chi connectivity index (χ3n) is 14.0. The molecule has 13 atom stereocenters. The summed E-state index contributed by atoms with van der Waals surface area (Å²) in [6.07, 6.45) is -0.193. The molecule has 3 fully saturated rings. The van der Waals surface area contributed by atoms with Gasteiger partial charge < -0.3 is 44.0 Å². The lowest BCUT2D eigenvalue weighted by Gasteiger charge is -2.47. The van der Waals surface area contributed by atoms with Crippen LogP contribution in [-0.4, -0.2) is 124 Å². The number of hydrogen-bond donors (Lipinski definition) is 3. The molecule has 6 rings (SSSR count). The highest BCUT2D eigenvalue weighted by molar-refractivity contribution is 6.00. The summed E-state index contributed by atoms with van der Waals surface area (Å²) in [5.74, 6) is -5.87. The number of para-hydroxylation sites is 1. The van der Waals surface area contributed by atoms with Gasteiger partial charge in [-0.15, -0.1) is 0 Å². The summed E-state index contributed by atoms with van der Waals surface area (Å²) in [7, 11) is 3.16. The molecular weight excluding hydrogens is 863 g/mol. The van der Waals surface area contributed by atoms with E-state index in [0.717, 1.165) is 16.5 Å². The van der Waals surface area contributed by atoms with Gasteiger partial charge in [0.15, 0.2) is 35.0 Å². The summed E-state index contributed by atoms with van der Waals surface area (Å²) in [4.78, 5) is 75.1. The molecule has 3 aliphatic rings. The van der Waals surface area contributed by atoms with Crippen LogP contribution in [0.5, 0.6) is 11.5 Å². The fourth-order valence-corrected chi connectivity index (χ4v) is 10.2. The smallest absolute Gasteiger partial charge is 0.408 e. The van der Waals surface area contributed by atoms with Crippen molar-refractivity contribution in [1.29, 1.82) is 0 Å². The molecule has 3 aromatic rings. The second kappa shape index (κ2) is 20.9. The molecule has 2 aromatic carbocycles. The van der Waals surface area contributed by atoms with E-state index in [1.54, 1.807) is 66.9 Å². The van der Waals surface area contributed by atoms with Crippen LogP contribution in [0.3, 0.4) is 0 Å². The number of hydrogen-bond acceptors (Lipinski definition) is 15. The van der Waals surface area contributed by atoms with Crippen LogP contribution in [0.1, 0.15) is 103 Å². The number of phenolic OH excluding ortho intramolecular Hbond substituents is 1. The molecule has 364 valence electrons. The highest BCUT2D eigenvalue weighted by Gasteiger charge is 2.57. The number of amides is 1. The molecule has 1 unspecified atom stereocenters. The molecule has 1 amide bonds. The van der Waals surface area contributed by atoms with Crippen molar-refractivity contribution in [3.8, 4) is 11.5 Å². The first-order valence-corrected chi connectivity index (χ1v) is 23.1. The monoisotopic (exact) mass is 929 g/mol.